The number of benzene rings is 1. The highest BCUT2D eigenvalue weighted by Crippen LogP contribution is 2.36. The number of nitrogens with one attached hydrogen (secondary N) is 1. The first-order chi connectivity index (χ1) is 15.1. The average Bonchev–Trinajstić information content (AvgIpc) is 3.57. The molecule has 2 aliphatic rings. The van der Waals surface area contributed by atoms with Crippen molar-refractivity contribution < 1.29 is 9.53 Å². The molecule has 162 valence electrons. The first kappa shape index (κ1) is 20.1. The fourth-order valence-electron chi connectivity index (χ4n) is 4.23. The Morgan fingerprint density at radius 2 is 2.16 bits per heavy atom. The molecule has 2 aromatic heterocycles. The molecule has 2 fully saturated rings. The number of aromatic nitrogens is 2. The van der Waals surface area contributed by atoms with Crippen molar-refractivity contribution in [2.45, 2.75) is 25.7 Å². The molecule has 0 bridgehead atoms. The van der Waals surface area contributed by atoms with Gasteiger partial charge in [-0.15, -0.1) is 0 Å². The quantitative estimate of drug-likeness (QED) is 0.571. The molecule has 0 unspecified atom stereocenters. The van der Waals surface area contributed by atoms with Crippen molar-refractivity contribution in [3.63, 3.8) is 0 Å². The maximum absolute atomic E-state index is 12.0. The van der Waals surface area contributed by atoms with E-state index in [-0.39, 0.29) is 11.8 Å². The Morgan fingerprint density at radius 3 is 2.97 bits per heavy atom. The molecule has 3 heterocycles. The van der Waals surface area contributed by atoms with Gasteiger partial charge in [-0.25, -0.2) is 0 Å². The number of nitrogens with two attached hydrogens (primary N) is 1. The molecule has 31 heavy (non-hydrogen) atoms. The number of nitrogen functional groups attached to an aromatic ring is 1. The van der Waals surface area contributed by atoms with Crippen LogP contribution in [-0.4, -0.2) is 42.0 Å². The number of methoxy groups -OCH3 is 1. The Hall–Kier alpha value is -2.87. The molecular weight excluding hydrogens is 410 g/mol. The van der Waals surface area contributed by atoms with Crippen molar-refractivity contribution in [1.29, 1.82) is 0 Å². The van der Waals surface area contributed by atoms with Crippen LogP contribution in [0.4, 0.5) is 10.7 Å². The fraction of sp³-hybridized carbons (Fsp3) is 0.435. The number of nitrogens with zero attached hydrogens (tertiary/aromatic N) is 3. The van der Waals surface area contributed by atoms with E-state index in [0.717, 1.165) is 72.5 Å². The third kappa shape index (κ3) is 4.17. The highest BCUT2D eigenvalue weighted by Gasteiger charge is 2.30. The van der Waals surface area contributed by atoms with Crippen LogP contribution in [0, 0.1) is 11.8 Å². The summed E-state index contributed by atoms with van der Waals surface area (Å²) in [6, 6.07) is 7.82. The number of piperidine rings is 1. The highest BCUT2D eigenvalue weighted by atomic mass is 32.1. The van der Waals surface area contributed by atoms with E-state index in [1.807, 2.05) is 24.4 Å². The molecule has 8 heteroatoms. The van der Waals surface area contributed by atoms with Crippen molar-refractivity contribution in [2.75, 3.05) is 37.4 Å². The average molecular weight is 438 g/mol. The fourth-order valence-corrected chi connectivity index (χ4v) is 5.08. The Labute approximate surface area is 185 Å². The number of ether oxygens (including phenoxy) is 1. The Bertz CT molecular complexity index is 1110. The summed E-state index contributed by atoms with van der Waals surface area (Å²) in [6.45, 7) is 2.70. The second-order valence-electron chi connectivity index (χ2n) is 8.51. The third-order valence-corrected chi connectivity index (χ3v) is 7.10. The van der Waals surface area contributed by atoms with Crippen molar-refractivity contribution in [2.24, 2.45) is 11.8 Å². The minimum absolute atomic E-state index is 0.230. The van der Waals surface area contributed by atoms with E-state index < -0.39 is 0 Å². The van der Waals surface area contributed by atoms with Crippen LogP contribution in [0.1, 0.15) is 25.7 Å². The van der Waals surface area contributed by atoms with Gasteiger partial charge in [0.05, 0.1) is 12.8 Å². The van der Waals surface area contributed by atoms with Gasteiger partial charge in [-0.2, -0.15) is 4.37 Å². The summed E-state index contributed by atoms with van der Waals surface area (Å²) < 4.78 is 10.0. The standard InChI is InChI=1S/C23H27N5O2S/c1-30-20-10-16(6-7-18(20)24)17-9-19-21(25-12-17)23(31-27-19)28-8-2-3-14(13-28)11-26-22(29)15-4-5-15/h6-7,9-10,12,14-15H,2-5,8,11,13,24H2,1H3,(H,26,29)/t14-/m1/s1. The number of hydrogen-bond acceptors (Lipinski definition) is 7. The van der Waals surface area contributed by atoms with Crippen LogP contribution in [0.15, 0.2) is 30.5 Å². The zero-order valence-electron chi connectivity index (χ0n) is 17.6. The van der Waals surface area contributed by atoms with Gasteiger partial charge < -0.3 is 20.7 Å². The van der Waals surface area contributed by atoms with E-state index in [4.69, 9.17) is 15.5 Å². The van der Waals surface area contributed by atoms with Crippen LogP contribution in [0.5, 0.6) is 5.75 Å². The number of pyridine rings is 1. The van der Waals surface area contributed by atoms with Gasteiger partial charge >= 0.3 is 0 Å². The Morgan fingerprint density at radius 1 is 1.29 bits per heavy atom. The van der Waals surface area contributed by atoms with Gasteiger partial charge in [-0.05, 0) is 66.9 Å². The summed E-state index contributed by atoms with van der Waals surface area (Å²) in [6.07, 6.45) is 6.25. The minimum atomic E-state index is 0.230. The van der Waals surface area contributed by atoms with Gasteiger partial charge in [0, 0.05) is 37.3 Å². The molecule has 1 aliphatic heterocycles. The van der Waals surface area contributed by atoms with E-state index in [0.29, 0.717) is 17.4 Å². The lowest BCUT2D eigenvalue weighted by molar-refractivity contribution is -0.122. The lowest BCUT2D eigenvalue weighted by atomic mass is 9.98. The SMILES string of the molecule is COc1cc(-c2cnc3c(N4CCC[C@H](CNC(=O)C5CC5)C4)snc3c2)ccc1N. The first-order valence-electron chi connectivity index (χ1n) is 10.8. The van der Waals surface area contributed by atoms with E-state index in [1.54, 1.807) is 7.11 Å². The monoisotopic (exact) mass is 437 g/mol. The van der Waals surface area contributed by atoms with Gasteiger partial charge in [-0.1, -0.05) is 6.07 Å². The molecule has 1 aliphatic carbocycles. The summed E-state index contributed by atoms with van der Waals surface area (Å²) in [4.78, 5) is 19.1. The van der Waals surface area contributed by atoms with Crippen molar-refractivity contribution >= 4 is 39.2 Å². The molecule has 1 saturated carbocycles. The van der Waals surface area contributed by atoms with Crippen molar-refractivity contribution in [1.82, 2.24) is 14.7 Å². The Kier molecular flexibility index (Phi) is 5.40. The second kappa shape index (κ2) is 8.34. The predicted octanol–water partition coefficient (Wildman–Crippen LogP) is 3.69. The smallest absolute Gasteiger partial charge is 0.223 e. The predicted molar refractivity (Wildman–Crippen MR) is 124 cm³/mol. The third-order valence-electron chi connectivity index (χ3n) is 6.19. The zero-order valence-corrected chi connectivity index (χ0v) is 18.5. The molecule has 0 spiro atoms. The van der Waals surface area contributed by atoms with Gasteiger partial charge in [0.2, 0.25) is 5.91 Å². The topological polar surface area (TPSA) is 93.4 Å². The number of carbonyl (C=O) groups excluding carboxylic acids is 1. The number of fused-ring (bicyclic) bond motifs is 1. The van der Waals surface area contributed by atoms with Crippen LogP contribution in [0.2, 0.25) is 0 Å². The van der Waals surface area contributed by atoms with Gasteiger partial charge in [0.1, 0.15) is 21.8 Å². The summed E-state index contributed by atoms with van der Waals surface area (Å²) in [5.41, 5.74) is 10.4. The molecule has 1 aromatic carbocycles. The first-order valence-corrected chi connectivity index (χ1v) is 11.6. The van der Waals surface area contributed by atoms with Crippen LogP contribution >= 0.6 is 11.5 Å². The number of rotatable bonds is 6. The minimum Gasteiger partial charge on any atom is -0.495 e. The Balaban J connectivity index is 1.33. The number of anilines is 2. The second-order valence-corrected chi connectivity index (χ2v) is 9.26. The lowest BCUT2D eigenvalue weighted by Crippen LogP contribution is -2.41. The molecule has 1 amide bonds. The summed E-state index contributed by atoms with van der Waals surface area (Å²) in [7, 11) is 1.62. The van der Waals surface area contributed by atoms with E-state index in [1.165, 1.54) is 11.5 Å². The number of hydrogen-bond donors (Lipinski definition) is 2. The molecule has 7 nitrogen and oxygen atoms in total. The van der Waals surface area contributed by atoms with Crippen LogP contribution in [0.25, 0.3) is 22.2 Å². The van der Waals surface area contributed by atoms with Gasteiger partial charge in [-0.3, -0.25) is 9.78 Å². The molecular formula is C23H27N5O2S. The molecule has 1 atom stereocenters. The zero-order chi connectivity index (χ0) is 21.4. The lowest BCUT2D eigenvalue weighted by Gasteiger charge is -2.33. The number of carbonyl (C=O) groups is 1. The van der Waals surface area contributed by atoms with Crippen LogP contribution < -0.4 is 20.7 Å². The molecule has 0 radical (unpaired) electrons. The van der Waals surface area contributed by atoms with Crippen molar-refractivity contribution in [3.8, 4) is 16.9 Å². The van der Waals surface area contributed by atoms with Gasteiger partial charge in [0.15, 0.2) is 0 Å². The summed E-state index contributed by atoms with van der Waals surface area (Å²) in [5, 5.41) is 4.26. The largest absolute Gasteiger partial charge is 0.495 e. The van der Waals surface area contributed by atoms with Crippen LogP contribution in [-0.2, 0) is 4.79 Å². The maximum atomic E-state index is 12.0. The summed E-state index contributed by atoms with van der Waals surface area (Å²) in [5.74, 6) is 1.62. The highest BCUT2D eigenvalue weighted by molar-refractivity contribution is 7.11. The van der Waals surface area contributed by atoms with E-state index in [2.05, 4.69) is 20.7 Å². The van der Waals surface area contributed by atoms with E-state index >= 15 is 0 Å². The normalized spacial score (nSPS) is 18.9. The van der Waals surface area contributed by atoms with Gasteiger partial charge in [0.25, 0.3) is 0 Å². The molecule has 3 aromatic rings. The number of amides is 1. The molecule has 1 saturated heterocycles. The van der Waals surface area contributed by atoms with E-state index in [9.17, 15) is 4.79 Å². The van der Waals surface area contributed by atoms with Crippen LogP contribution in [0.3, 0.4) is 0 Å². The molecule has 5 rings (SSSR count). The van der Waals surface area contributed by atoms with Crippen molar-refractivity contribution in [3.05, 3.63) is 30.5 Å². The maximum Gasteiger partial charge on any atom is 0.223 e. The summed E-state index contributed by atoms with van der Waals surface area (Å²) >= 11 is 1.51. The molecule has 3 N–H and O–H groups in total.